The maximum absolute atomic E-state index is 13.2. The van der Waals surface area contributed by atoms with E-state index in [2.05, 4.69) is 17.1 Å². The normalized spacial score (nSPS) is 11.4. The second kappa shape index (κ2) is 9.01. The standard InChI is InChI=1S/C28H23N3O2/c32-24-15-12-20(13-16-24)11-14-23-19-31-27(25(29-23)17-21-7-3-1-4-8-21)30-26(28(31)33)18-22-9-5-2-6-10-22/h1-16,19,29,32H,17-18H2/b14-11+. The molecule has 0 aliphatic carbocycles. The van der Waals surface area contributed by atoms with Gasteiger partial charge in [-0.3, -0.25) is 9.36 Å². The first-order chi connectivity index (χ1) is 16.2. The first kappa shape index (κ1) is 20.5. The number of phenols is 1. The van der Waals surface area contributed by atoms with Crippen LogP contribution in [0.2, 0.25) is 0 Å². The average Bonchev–Trinajstić information content (AvgIpc) is 3.15. The highest BCUT2D eigenvalue weighted by molar-refractivity contribution is 5.68. The molecule has 0 amide bonds. The number of imidazole rings is 1. The Hall–Kier alpha value is -4.38. The summed E-state index contributed by atoms with van der Waals surface area (Å²) in [5, 5.41) is 9.50. The van der Waals surface area contributed by atoms with Gasteiger partial charge in [0.2, 0.25) is 0 Å². The SMILES string of the molecule is O=c1c(Cc2ccccc2)nc2c(Cc3ccccc3)[nH]c(/C=C/c3ccc(O)cc3)cn1-2. The fourth-order valence-corrected chi connectivity index (χ4v) is 3.88. The van der Waals surface area contributed by atoms with Crippen LogP contribution in [0.1, 0.15) is 33.8 Å². The average molecular weight is 434 g/mol. The van der Waals surface area contributed by atoms with Gasteiger partial charge in [-0.1, -0.05) is 78.9 Å². The van der Waals surface area contributed by atoms with Gasteiger partial charge >= 0.3 is 0 Å². The second-order valence-electron chi connectivity index (χ2n) is 7.99. The van der Waals surface area contributed by atoms with Gasteiger partial charge in [0.25, 0.3) is 5.56 Å². The van der Waals surface area contributed by atoms with Crippen LogP contribution in [-0.2, 0) is 12.8 Å². The zero-order valence-electron chi connectivity index (χ0n) is 18.0. The van der Waals surface area contributed by atoms with Crippen LogP contribution in [0.5, 0.6) is 5.75 Å². The molecule has 5 nitrogen and oxygen atoms in total. The van der Waals surface area contributed by atoms with Gasteiger partial charge in [0, 0.05) is 19.0 Å². The molecule has 0 atom stereocenters. The van der Waals surface area contributed by atoms with Crippen LogP contribution >= 0.6 is 0 Å². The van der Waals surface area contributed by atoms with E-state index in [-0.39, 0.29) is 11.3 Å². The van der Waals surface area contributed by atoms with E-state index in [9.17, 15) is 9.90 Å². The van der Waals surface area contributed by atoms with Gasteiger partial charge < -0.3 is 10.1 Å². The molecule has 0 saturated carbocycles. The first-order valence-corrected chi connectivity index (χ1v) is 10.8. The van der Waals surface area contributed by atoms with E-state index < -0.39 is 0 Å². The van der Waals surface area contributed by atoms with Crippen LogP contribution in [0.25, 0.3) is 18.0 Å². The lowest BCUT2D eigenvalue weighted by Crippen LogP contribution is -2.18. The minimum atomic E-state index is -0.101. The molecule has 2 aliphatic heterocycles. The van der Waals surface area contributed by atoms with Gasteiger partial charge in [-0.15, -0.1) is 0 Å². The number of hydrogen-bond donors (Lipinski definition) is 2. The van der Waals surface area contributed by atoms with Crippen LogP contribution in [0, 0.1) is 0 Å². The number of hydrogen-bond acceptors (Lipinski definition) is 3. The first-order valence-electron chi connectivity index (χ1n) is 10.8. The zero-order valence-corrected chi connectivity index (χ0v) is 18.0. The summed E-state index contributed by atoms with van der Waals surface area (Å²) in [6, 6.07) is 27.0. The highest BCUT2D eigenvalue weighted by Crippen LogP contribution is 2.20. The third-order valence-corrected chi connectivity index (χ3v) is 5.55. The van der Waals surface area contributed by atoms with Crippen LogP contribution < -0.4 is 5.56 Å². The Bertz CT molecular complexity index is 1420. The molecule has 3 aromatic carbocycles. The van der Waals surface area contributed by atoms with Crippen molar-refractivity contribution in [3.05, 3.63) is 135 Å². The molecule has 2 aliphatic rings. The van der Waals surface area contributed by atoms with E-state index in [0.29, 0.717) is 24.4 Å². The molecule has 0 aromatic heterocycles. The Balaban J connectivity index is 1.57. The van der Waals surface area contributed by atoms with Crippen LogP contribution in [0.15, 0.2) is 95.9 Å². The highest BCUT2D eigenvalue weighted by Gasteiger charge is 2.19. The molecule has 5 rings (SSSR count). The number of rotatable bonds is 6. The summed E-state index contributed by atoms with van der Waals surface area (Å²) >= 11 is 0. The zero-order chi connectivity index (χ0) is 22.6. The van der Waals surface area contributed by atoms with Crippen molar-refractivity contribution in [1.29, 1.82) is 0 Å². The van der Waals surface area contributed by atoms with Crippen LogP contribution in [0.4, 0.5) is 0 Å². The van der Waals surface area contributed by atoms with Gasteiger partial charge in [0.05, 0.1) is 11.4 Å². The quantitative estimate of drug-likeness (QED) is 0.393. The molecule has 2 heterocycles. The van der Waals surface area contributed by atoms with Gasteiger partial charge in [0.15, 0.2) is 5.82 Å². The van der Waals surface area contributed by atoms with Gasteiger partial charge in [0.1, 0.15) is 11.4 Å². The molecule has 0 fully saturated rings. The summed E-state index contributed by atoms with van der Waals surface area (Å²) in [6.45, 7) is 0. The van der Waals surface area contributed by atoms with Crippen molar-refractivity contribution in [3.63, 3.8) is 0 Å². The molecule has 5 heteroatoms. The Morgan fingerprint density at radius 3 is 2.12 bits per heavy atom. The summed E-state index contributed by atoms with van der Waals surface area (Å²) in [6.07, 6.45) is 6.79. The molecular formula is C28H23N3O2. The topological polar surface area (TPSA) is 70.9 Å². The smallest absolute Gasteiger partial charge is 0.278 e. The van der Waals surface area contributed by atoms with Crippen molar-refractivity contribution >= 4 is 12.2 Å². The summed E-state index contributed by atoms with van der Waals surface area (Å²) < 4.78 is 1.64. The number of fused-ring (bicyclic) bond motifs is 1. The monoisotopic (exact) mass is 433 g/mol. The highest BCUT2D eigenvalue weighted by atomic mass is 16.3. The molecule has 0 spiro atoms. The number of H-pyrrole nitrogens is 1. The van der Waals surface area contributed by atoms with Crippen LogP contribution in [-0.4, -0.2) is 19.6 Å². The predicted octanol–water partition coefficient (Wildman–Crippen LogP) is 5.06. The molecule has 3 aromatic rings. The number of aromatic nitrogens is 3. The fraction of sp³-hybridized carbons (Fsp3) is 0.0714. The third-order valence-electron chi connectivity index (χ3n) is 5.55. The molecule has 0 unspecified atom stereocenters. The second-order valence-corrected chi connectivity index (χ2v) is 7.99. The lowest BCUT2D eigenvalue weighted by Gasteiger charge is -2.11. The number of nitrogens with one attached hydrogen (secondary N) is 1. The van der Waals surface area contributed by atoms with Gasteiger partial charge in [-0.2, -0.15) is 0 Å². The Morgan fingerprint density at radius 2 is 1.45 bits per heavy atom. The van der Waals surface area contributed by atoms with Crippen molar-refractivity contribution in [2.75, 3.05) is 0 Å². The molecule has 2 N–H and O–H groups in total. The Kier molecular flexibility index (Phi) is 5.60. The van der Waals surface area contributed by atoms with Crippen LogP contribution in [0.3, 0.4) is 0 Å². The van der Waals surface area contributed by atoms with Gasteiger partial charge in [-0.05, 0) is 34.9 Å². The van der Waals surface area contributed by atoms with Crippen molar-refractivity contribution in [1.82, 2.24) is 14.5 Å². The molecule has 162 valence electrons. The minimum Gasteiger partial charge on any atom is -0.508 e. The largest absolute Gasteiger partial charge is 0.508 e. The maximum Gasteiger partial charge on any atom is 0.278 e. The van der Waals surface area contributed by atoms with Crippen molar-refractivity contribution in [3.8, 4) is 11.6 Å². The number of benzene rings is 3. The summed E-state index contributed by atoms with van der Waals surface area (Å²) in [4.78, 5) is 21.4. The fourth-order valence-electron chi connectivity index (χ4n) is 3.88. The van der Waals surface area contributed by atoms with E-state index >= 15 is 0 Å². The number of aromatic hydroxyl groups is 1. The third kappa shape index (κ3) is 4.62. The van der Waals surface area contributed by atoms with Gasteiger partial charge in [-0.25, -0.2) is 4.98 Å². The summed E-state index contributed by atoms with van der Waals surface area (Å²) in [5.74, 6) is 0.877. The Morgan fingerprint density at radius 1 is 0.818 bits per heavy atom. The maximum atomic E-state index is 13.2. The number of nitrogens with zero attached hydrogens (tertiary/aromatic N) is 2. The molecular weight excluding hydrogens is 410 g/mol. The molecule has 0 saturated heterocycles. The van der Waals surface area contributed by atoms with E-state index in [1.807, 2.05) is 72.8 Å². The van der Waals surface area contributed by atoms with E-state index in [0.717, 1.165) is 28.1 Å². The van der Waals surface area contributed by atoms with E-state index in [1.54, 1.807) is 22.9 Å². The number of aromatic amines is 1. The lowest BCUT2D eigenvalue weighted by molar-refractivity contribution is 0.475. The summed E-state index contributed by atoms with van der Waals surface area (Å²) in [5.41, 5.74) is 5.24. The predicted molar refractivity (Wildman–Crippen MR) is 131 cm³/mol. The minimum absolute atomic E-state index is 0.101. The Labute approximate surface area is 191 Å². The molecule has 33 heavy (non-hydrogen) atoms. The van der Waals surface area contributed by atoms with E-state index in [1.165, 1.54) is 0 Å². The number of phenolic OH excluding ortho intramolecular Hbond substituents is 1. The summed E-state index contributed by atoms with van der Waals surface area (Å²) in [7, 11) is 0. The van der Waals surface area contributed by atoms with Crippen molar-refractivity contribution in [2.45, 2.75) is 12.8 Å². The lowest BCUT2D eigenvalue weighted by atomic mass is 10.1. The van der Waals surface area contributed by atoms with E-state index in [4.69, 9.17) is 4.98 Å². The molecule has 0 radical (unpaired) electrons. The van der Waals surface area contributed by atoms with Crippen molar-refractivity contribution < 1.29 is 5.11 Å². The van der Waals surface area contributed by atoms with Crippen molar-refractivity contribution in [2.24, 2.45) is 0 Å². The molecule has 0 bridgehead atoms.